The Morgan fingerprint density at radius 3 is 2.23 bits per heavy atom. The van der Waals surface area contributed by atoms with Crippen molar-refractivity contribution in [1.82, 2.24) is 0 Å². The lowest BCUT2D eigenvalue weighted by Gasteiger charge is -2.26. The molecule has 1 nitrogen and oxygen atoms in total. The smallest absolute Gasteiger partial charge is 0.0703 e. The van der Waals surface area contributed by atoms with Gasteiger partial charge >= 0.3 is 0 Å². The molecule has 2 aliphatic rings. The number of ether oxygens (including phenoxy) is 1. The molecule has 0 aliphatic heterocycles. The molecule has 0 aromatic heterocycles. The predicted octanol–water partition coefficient (Wildman–Crippen LogP) is 3.65. The fourth-order valence-corrected chi connectivity index (χ4v) is 3.20. The summed E-state index contributed by atoms with van der Waals surface area (Å²) in [6.07, 6.45) is 11.8. The Morgan fingerprint density at radius 2 is 1.62 bits per heavy atom. The molecule has 0 N–H and O–H groups in total. The quantitative estimate of drug-likeness (QED) is 0.677. The van der Waals surface area contributed by atoms with Crippen LogP contribution < -0.4 is 0 Å². The highest BCUT2D eigenvalue weighted by atomic mass is 79.9. The molecule has 0 aromatic carbocycles. The monoisotopic (exact) mass is 246 g/mol. The second-order valence-electron chi connectivity index (χ2n) is 4.38. The summed E-state index contributed by atoms with van der Waals surface area (Å²) in [4.78, 5) is 0.634. The van der Waals surface area contributed by atoms with Crippen molar-refractivity contribution in [3.8, 4) is 0 Å². The summed E-state index contributed by atoms with van der Waals surface area (Å²) in [5, 5.41) is 0. The number of alkyl halides is 1. The minimum absolute atomic E-state index is 0.517. The van der Waals surface area contributed by atoms with E-state index in [0.29, 0.717) is 17.0 Å². The van der Waals surface area contributed by atoms with Crippen LogP contribution in [0.4, 0.5) is 0 Å². The molecular weight excluding hydrogens is 228 g/mol. The molecule has 0 bridgehead atoms. The Hall–Kier alpha value is 0.440. The van der Waals surface area contributed by atoms with Gasteiger partial charge in [0.25, 0.3) is 0 Å². The fraction of sp³-hybridized carbons (Fsp3) is 1.00. The van der Waals surface area contributed by atoms with Gasteiger partial charge in [0.05, 0.1) is 12.2 Å². The second-order valence-corrected chi connectivity index (χ2v) is 5.56. The molecule has 2 fully saturated rings. The first-order chi connectivity index (χ1) is 6.36. The van der Waals surface area contributed by atoms with Crippen LogP contribution in [0.25, 0.3) is 0 Å². The van der Waals surface area contributed by atoms with E-state index in [1.807, 2.05) is 0 Å². The highest BCUT2D eigenvalue weighted by Crippen LogP contribution is 2.31. The zero-order valence-corrected chi connectivity index (χ0v) is 9.76. The maximum atomic E-state index is 6.12. The summed E-state index contributed by atoms with van der Waals surface area (Å²) in [5.74, 6) is 0. The van der Waals surface area contributed by atoms with Gasteiger partial charge in [-0.2, -0.15) is 0 Å². The van der Waals surface area contributed by atoms with Crippen LogP contribution in [0, 0.1) is 0 Å². The van der Waals surface area contributed by atoms with Crippen LogP contribution >= 0.6 is 15.9 Å². The van der Waals surface area contributed by atoms with Crippen molar-refractivity contribution in [3.63, 3.8) is 0 Å². The largest absolute Gasteiger partial charge is 0.374 e. The zero-order valence-electron chi connectivity index (χ0n) is 8.18. The van der Waals surface area contributed by atoms with Crippen molar-refractivity contribution < 1.29 is 4.74 Å². The molecule has 2 heteroatoms. The Morgan fingerprint density at radius 1 is 0.846 bits per heavy atom. The first-order valence-corrected chi connectivity index (χ1v) is 6.57. The lowest BCUT2D eigenvalue weighted by molar-refractivity contribution is -0.0227. The van der Waals surface area contributed by atoms with Gasteiger partial charge in [0.1, 0.15) is 0 Å². The molecule has 2 unspecified atom stereocenters. The van der Waals surface area contributed by atoms with Crippen molar-refractivity contribution in [2.45, 2.75) is 68.4 Å². The summed E-state index contributed by atoms with van der Waals surface area (Å²) in [5.41, 5.74) is 0. The van der Waals surface area contributed by atoms with Gasteiger partial charge in [0.2, 0.25) is 0 Å². The number of rotatable bonds is 2. The molecule has 0 spiro atoms. The van der Waals surface area contributed by atoms with Crippen LogP contribution in [0.3, 0.4) is 0 Å². The fourth-order valence-electron chi connectivity index (χ4n) is 2.48. The van der Waals surface area contributed by atoms with E-state index in [-0.39, 0.29) is 0 Å². The third kappa shape index (κ3) is 2.69. The van der Waals surface area contributed by atoms with Gasteiger partial charge < -0.3 is 4.74 Å². The standard InChI is InChI=1S/C11H19BrO/c12-10-7-4-8-11(10)13-9-5-2-1-3-6-9/h9-11H,1-8H2. The van der Waals surface area contributed by atoms with Crippen LogP contribution in [0.1, 0.15) is 51.4 Å². The molecule has 76 valence electrons. The van der Waals surface area contributed by atoms with E-state index in [4.69, 9.17) is 4.74 Å². The van der Waals surface area contributed by atoms with Gasteiger partial charge in [0.15, 0.2) is 0 Å². The van der Waals surface area contributed by atoms with Gasteiger partial charge in [-0.25, -0.2) is 0 Å². The molecule has 0 radical (unpaired) electrons. The first kappa shape index (κ1) is 9.97. The summed E-state index contributed by atoms with van der Waals surface area (Å²) in [7, 11) is 0. The first-order valence-electron chi connectivity index (χ1n) is 5.66. The van der Waals surface area contributed by atoms with E-state index in [0.717, 1.165) is 0 Å². The second kappa shape index (κ2) is 4.79. The lowest BCUT2D eigenvalue weighted by atomic mass is 9.97. The third-order valence-electron chi connectivity index (χ3n) is 3.29. The van der Waals surface area contributed by atoms with Crippen LogP contribution in [0.15, 0.2) is 0 Å². The topological polar surface area (TPSA) is 9.23 Å². The summed E-state index contributed by atoms with van der Waals surface area (Å²) < 4.78 is 6.12. The van der Waals surface area contributed by atoms with Crippen LogP contribution in [-0.2, 0) is 4.74 Å². The van der Waals surface area contributed by atoms with Crippen molar-refractivity contribution in [3.05, 3.63) is 0 Å². The van der Waals surface area contributed by atoms with Crippen LogP contribution in [-0.4, -0.2) is 17.0 Å². The minimum Gasteiger partial charge on any atom is -0.374 e. The molecule has 0 aromatic rings. The minimum atomic E-state index is 0.517. The molecule has 0 heterocycles. The van der Waals surface area contributed by atoms with E-state index < -0.39 is 0 Å². The van der Waals surface area contributed by atoms with Gasteiger partial charge in [-0.15, -0.1) is 0 Å². The molecular formula is C11H19BrO. The van der Waals surface area contributed by atoms with Crippen molar-refractivity contribution in [1.29, 1.82) is 0 Å². The van der Waals surface area contributed by atoms with Gasteiger partial charge in [0, 0.05) is 4.83 Å². The zero-order chi connectivity index (χ0) is 9.10. The maximum absolute atomic E-state index is 6.12. The maximum Gasteiger partial charge on any atom is 0.0703 e. The van der Waals surface area contributed by atoms with E-state index in [1.165, 1.54) is 51.4 Å². The molecule has 0 saturated heterocycles. The van der Waals surface area contributed by atoms with Crippen molar-refractivity contribution >= 4 is 15.9 Å². The summed E-state index contributed by atoms with van der Waals surface area (Å²) in [6, 6.07) is 0. The number of hydrogen-bond donors (Lipinski definition) is 0. The van der Waals surface area contributed by atoms with Crippen molar-refractivity contribution in [2.24, 2.45) is 0 Å². The SMILES string of the molecule is BrC1CCCC1OC1CCCCC1. The molecule has 2 rings (SSSR count). The van der Waals surface area contributed by atoms with E-state index in [9.17, 15) is 0 Å². The average Bonchev–Trinajstić information content (AvgIpc) is 2.54. The summed E-state index contributed by atoms with van der Waals surface area (Å²) >= 11 is 3.71. The Labute approximate surface area is 89.4 Å². The Bertz CT molecular complexity index is 154. The Kier molecular flexibility index (Phi) is 3.67. The van der Waals surface area contributed by atoms with Gasteiger partial charge in [-0.1, -0.05) is 35.2 Å². The lowest BCUT2D eigenvalue weighted by Crippen LogP contribution is -2.27. The predicted molar refractivity (Wildman–Crippen MR) is 58.3 cm³/mol. The number of hydrogen-bond acceptors (Lipinski definition) is 1. The molecule has 0 amide bonds. The van der Waals surface area contributed by atoms with Gasteiger partial charge in [-0.05, 0) is 32.1 Å². The Balaban J connectivity index is 1.75. The third-order valence-corrected chi connectivity index (χ3v) is 4.34. The average molecular weight is 247 g/mol. The summed E-state index contributed by atoms with van der Waals surface area (Å²) in [6.45, 7) is 0. The van der Waals surface area contributed by atoms with Crippen LogP contribution in [0.5, 0.6) is 0 Å². The van der Waals surface area contributed by atoms with E-state index in [1.54, 1.807) is 0 Å². The molecule has 2 aliphatic carbocycles. The molecule has 2 saturated carbocycles. The highest BCUT2D eigenvalue weighted by Gasteiger charge is 2.28. The van der Waals surface area contributed by atoms with Gasteiger partial charge in [-0.3, -0.25) is 0 Å². The molecule has 2 atom stereocenters. The molecule has 13 heavy (non-hydrogen) atoms. The number of halogens is 1. The highest BCUT2D eigenvalue weighted by molar-refractivity contribution is 9.09. The van der Waals surface area contributed by atoms with E-state index >= 15 is 0 Å². The van der Waals surface area contributed by atoms with E-state index in [2.05, 4.69) is 15.9 Å². The van der Waals surface area contributed by atoms with Crippen LogP contribution in [0.2, 0.25) is 0 Å². The normalized spacial score (nSPS) is 36.7. The van der Waals surface area contributed by atoms with Crippen molar-refractivity contribution in [2.75, 3.05) is 0 Å².